The van der Waals surface area contributed by atoms with Crippen molar-refractivity contribution in [3.05, 3.63) is 138 Å². The maximum Gasteiger partial charge on any atom is 0.0523 e. The fourth-order valence-electron chi connectivity index (χ4n) is 5.71. The van der Waals surface area contributed by atoms with Gasteiger partial charge in [0, 0.05) is 54.2 Å². The molecule has 0 saturated carbocycles. The van der Waals surface area contributed by atoms with Gasteiger partial charge in [0.2, 0.25) is 0 Å². The zero-order valence-corrected chi connectivity index (χ0v) is 27.5. The van der Waals surface area contributed by atoms with E-state index in [4.69, 9.17) is 11.0 Å². The summed E-state index contributed by atoms with van der Waals surface area (Å²) in [5, 5.41) is 4.94. The van der Waals surface area contributed by atoms with E-state index in [1.54, 1.807) is 18.3 Å². The van der Waals surface area contributed by atoms with Crippen LogP contribution in [0.2, 0.25) is 0 Å². The largest absolute Gasteiger partial charge is 0.327 e. The molecule has 8 aromatic rings. The molecule has 0 unspecified atom stereocenters. The van der Waals surface area contributed by atoms with E-state index in [1.165, 1.54) is 57.0 Å². The number of para-hydroxylation sites is 2. The minimum absolute atomic E-state index is 0. The van der Waals surface area contributed by atoms with Gasteiger partial charge in [0.05, 0.1) is 11.0 Å². The number of pyridine rings is 2. The van der Waals surface area contributed by atoms with Crippen molar-refractivity contribution < 1.29 is 31.1 Å². The molecule has 1 radical (unpaired) electrons. The smallest absolute Gasteiger partial charge is 0.0523 e. The molecule has 0 aliphatic heterocycles. The number of benzene rings is 4. The molecule has 0 fully saturated rings. The molecule has 0 N–H and O–H groups in total. The Balaban J connectivity index is 0.000000199. The van der Waals surface area contributed by atoms with Crippen molar-refractivity contribution in [2.45, 2.75) is 40.8 Å². The second-order valence-corrected chi connectivity index (χ2v) is 11.9. The first-order chi connectivity index (χ1) is 24.4. The number of fused-ring (bicyclic) bond motifs is 6. The predicted octanol–water partition coefficient (Wildman–Crippen LogP) is 10.5. The van der Waals surface area contributed by atoms with E-state index >= 15 is 0 Å². The molecular weight excluding hydrogens is 727 g/mol. The van der Waals surface area contributed by atoms with Gasteiger partial charge in [0.1, 0.15) is 0 Å². The Morgan fingerprint density at radius 1 is 0.689 bits per heavy atom. The minimum Gasteiger partial charge on any atom is -0.327 e. The summed E-state index contributed by atoms with van der Waals surface area (Å²) < 4.78 is 63.0. The Hall–Kier alpha value is -4.37. The quantitative estimate of drug-likeness (QED) is 0.168. The van der Waals surface area contributed by atoms with Gasteiger partial charge in [0.25, 0.3) is 0 Å². The van der Waals surface area contributed by atoms with Crippen LogP contribution in [0.5, 0.6) is 0 Å². The third-order valence-electron chi connectivity index (χ3n) is 7.57. The molecule has 0 aliphatic carbocycles. The van der Waals surface area contributed by atoms with Crippen LogP contribution in [0.15, 0.2) is 109 Å². The van der Waals surface area contributed by atoms with Crippen LogP contribution in [-0.4, -0.2) is 14.4 Å². The standard InChI is InChI=1S/C28H23N2.C13H12N.Ir/c1-28(2,3)16-18-11-14-24(29-17-18)19-12-13-21-23-9-6-8-22-20-7-4-5-10-25(20)30(27(22)23)26(21)15-19;1-10-3-6-12(7-4-10)13-8-5-11(2)9-14-13;/h4-11,13-15,17H,16H2,1-3H3;3-6,8-9H,1-2H3;/q2*-1;/i16D2;1D3,2D3;. The van der Waals surface area contributed by atoms with E-state index < -0.39 is 25.5 Å². The molecule has 4 heterocycles. The van der Waals surface area contributed by atoms with Crippen LogP contribution in [0.1, 0.15) is 48.4 Å². The summed E-state index contributed by atoms with van der Waals surface area (Å²) in [5.74, 6) is 0. The summed E-state index contributed by atoms with van der Waals surface area (Å²) in [5.41, 5.74) is 6.93. The summed E-state index contributed by atoms with van der Waals surface area (Å²) in [4.78, 5) is 8.70. The van der Waals surface area contributed by atoms with Crippen LogP contribution in [-0.2, 0) is 26.5 Å². The van der Waals surface area contributed by atoms with Crippen LogP contribution in [0.4, 0.5) is 0 Å². The van der Waals surface area contributed by atoms with Gasteiger partial charge in [0.15, 0.2) is 0 Å². The number of nitrogens with zero attached hydrogens (tertiary/aromatic N) is 3. The molecule has 4 aromatic carbocycles. The van der Waals surface area contributed by atoms with Gasteiger partial charge in [-0.3, -0.25) is 0 Å². The summed E-state index contributed by atoms with van der Waals surface area (Å²) in [7, 11) is 0. The second-order valence-electron chi connectivity index (χ2n) is 11.9. The first-order valence-electron chi connectivity index (χ1n) is 18.5. The zero-order chi connectivity index (χ0) is 37.2. The number of aromatic nitrogens is 3. The fourth-order valence-corrected chi connectivity index (χ4v) is 5.71. The predicted molar refractivity (Wildman–Crippen MR) is 184 cm³/mol. The maximum atomic E-state index is 8.51. The van der Waals surface area contributed by atoms with Crippen molar-refractivity contribution in [1.29, 1.82) is 0 Å². The Kier molecular flexibility index (Phi) is 6.01. The number of aryl methyl sites for hydroxylation is 2. The molecule has 0 amide bonds. The van der Waals surface area contributed by atoms with Gasteiger partial charge in [-0.05, 0) is 58.1 Å². The van der Waals surface area contributed by atoms with E-state index in [0.29, 0.717) is 16.8 Å². The van der Waals surface area contributed by atoms with E-state index in [0.717, 1.165) is 16.8 Å². The van der Waals surface area contributed by atoms with Crippen LogP contribution >= 0.6 is 0 Å². The van der Waals surface area contributed by atoms with Crippen molar-refractivity contribution in [2.75, 3.05) is 0 Å². The van der Waals surface area contributed by atoms with Crippen molar-refractivity contribution in [3.8, 4) is 22.5 Å². The number of rotatable bonds is 3. The summed E-state index contributed by atoms with van der Waals surface area (Å²) in [6.45, 7) is 1.40. The third kappa shape index (κ3) is 6.01. The summed E-state index contributed by atoms with van der Waals surface area (Å²) in [6.07, 6.45) is 1.50. The Morgan fingerprint density at radius 2 is 1.38 bits per heavy atom. The number of hydrogen-bond acceptors (Lipinski definition) is 2. The minimum atomic E-state index is -2.18. The molecule has 0 saturated heterocycles. The Bertz CT molecular complexity index is 2480. The van der Waals surface area contributed by atoms with Crippen LogP contribution in [0.3, 0.4) is 0 Å². The van der Waals surface area contributed by atoms with Crippen molar-refractivity contribution in [1.82, 2.24) is 14.4 Å². The van der Waals surface area contributed by atoms with Crippen LogP contribution in [0.25, 0.3) is 60.6 Å². The molecule has 0 bridgehead atoms. The Morgan fingerprint density at radius 3 is 2.07 bits per heavy atom. The second kappa shape index (κ2) is 12.2. The van der Waals surface area contributed by atoms with Crippen LogP contribution in [0, 0.1) is 31.3 Å². The normalized spacial score (nSPS) is 15.1. The van der Waals surface area contributed by atoms with Crippen molar-refractivity contribution in [3.63, 3.8) is 0 Å². The average Bonchev–Trinajstić information content (AvgIpc) is 3.63. The molecule has 4 heteroatoms. The molecule has 0 atom stereocenters. The summed E-state index contributed by atoms with van der Waals surface area (Å²) >= 11 is 0. The summed E-state index contributed by atoms with van der Waals surface area (Å²) in [6, 6.07) is 36.9. The molecule has 0 spiro atoms. The van der Waals surface area contributed by atoms with E-state index in [2.05, 4.69) is 81.1 Å². The van der Waals surface area contributed by atoms with E-state index in [-0.39, 0.29) is 31.2 Å². The van der Waals surface area contributed by atoms with E-state index in [9.17, 15) is 0 Å². The van der Waals surface area contributed by atoms with Crippen molar-refractivity contribution in [2.24, 2.45) is 5.41 Å². The molecule has 4 aromatic heterocycles. The topological polar surface area (TPSA) is 30.2 Å². The SMILES string of the molecule is [2H]C([2H])([2H])c1c[c-]c(-c2ccc(C([2H])([2H])[2H])cn2)cc1.[2H]C([2H])(c1ccc(-c2[c-]cc3c4cccc5c6ccccc6n(c3c2)c54)nc1)C(C)(C)C.[Ir]. The van der Waals surface area contributed by atoms with Crippen LogP contribution < -0.4 is 0 Å². The maximum absolute atomic E-state index is 8.51. The molecule has 0 aliphatic rings. The van der Waals surface area contributed by atoms with Gasteiger partial charge in [-0.2, -0.15) is 0 Å². The molecule has 45 heavy (non-hydrogen) atoms. The number of hydrogen-bond donors (Lipinski definition) is 0. The van der Waals surface area contributed by atoms with Gasteiger partial charge in [-0.1, -0.05) is 93.7 Å². The van der Waals surface area contributed by atoms with Gasteiger partial charge < -0.3 is 14.4 Å². The fraction of sp³-hybridized carbons (Fsp3) is 0.171. The monoisotopic (exact) mass is 770 g/mol. The third-order valence-corrected chi connectivity index (χ3v) is 7.57. The van der Waals surface area contributed by atoms with Crippen molar-refractivity contribution >= 4 is 38.1 Å². The van der Waals surface area contributed by atoms with Gasteiger partial charge >= 0.3 is 0 Å². The first kappa shape index (κ1) is 22.2. The first-order valence-corrected chi connectivity index (χ1v) is 14.5. The molecule has 3 nitrogen and oxygen atoms in total. The van der Waals surface area contributed by atoms with Gasteiger partial charge in [-0.15, -0.1) is 59.2 Å². The Labute approximate surface area is 289 Å². The van der Waals surface area contributed by atoms with E-state index in [1.807, 2.05) is 32.9 Å². The molecule has 8 rings (SSSR count). The molecule has 225 valence electrons. The molecular formula is C41H35IrN3-2. The zero-order valence-electron chi connectivity index (χ0n) is 33.1. The van der Waals surface area contributed by atoms with Gasteiger partial charge in [-0.25, -0.2) is 0 Å². The average molecular weight is 770 g/mol.